The van der Waals surface area contributed by atoms with E-state index >= 15 is 0 Å². The minimum atomic E-state index is -0.483. The van der Waals surface area contributed by atoms with Gasteiger partial charge in [0.25, 0.3) is 5.91 Å². The summed E-state index contributed by atoms with van der Waals surface area (Å²) < 4.78 is 1.80. The van der Waals surface area contributed by atoms with Crippen LogP contribution in [-0.4, -0.2) is 39.2 Å². The van der Waals surface area contributed by atoms with Gasteiger partial charge in [0.2, 0.25) is 5.91 Å². The zero-order valence-corrected chi connectivity index (χ0v) is 14.3. The highest BCUT2D eigenvalue weighted by Crippen LogP contribution is 2.21. The van der Waals surface area contributed by atoms with Crippen molar-refractivity contribution in [1.82, 2.24) is 25.4 Å². The van der Waals surface area contributed by atoms with E-state index in [1.807, 2.05) is 20.8 Å². The van der Waals surface area contributed by atoms with Crippen LogP contribution in [0.2, 0.25) is 0 Å². The molecule has 24 heavy (non-hydrogen) atoms. The standard InChI is InChI=1S/C17H23N5O2/c1-10(2)22-15-13(9-19-22)12(8-11(3)20-15)16(23)21-14-6-4-5-7-18-17(14)24/h8-10,14H,4-7H2,1-3H3,(H,18,24)(H,21,23)/t14-/m1/s1. The predicted octanol–water partition coefficient (Wildman–Crippen LogP) is 1.72. The van der Waals surface area contributed by atoms with Crippen LogP contribution < -0.4 is 10.6 Å². The number of rotatable bonds is 3. The van der Waals surface area contributed by atoms with Crippen LogP contribution in [0.5, 0.6) is 0 Å². The van der Waals surface area contributed by atoms with Gasteiger partial charge in [-0.05, 0) is 46.1 Å². The molecule has 2 amide bonds. The van der Waals surface area contributed by atoms with Gasteiger partial charge in [-0.15, -0.1) is 0 Å². The van der Waals surface area contributed by atoms with E-state index in [1.165, 1.54) is 0 Å². The minimum Gasteiger partial charge on any atom is -0.354 e. The van der Waals surface area contributed by atoms with E-state index in [4.69, 9.17) is 0 Å². The number of nitrogens with zero attached hydrogens (tertiary/aromatic N) is 3. The third kappa shape index (κ3) is 3.11. The molecular weight excluding hydrogens is 306 g/mol. The average molecular weight is 329 g/mol. The molecule has 2 aromatic heterocycles. The number of hydrogen-bond acceptors (Lipinski definition) is 4. The van der Waals surface area contributed by atoms with Gasteiger partial charge >= 0.3 is 0 Å². The van der Waals surface area contributed by atoms with Crippen LogP contribution in [-0.2, 0) is 4.79 Å². The Morgan fingerprint density at radius 2 is 2.21 bits per heavy atom. The lowest BCUT2D eigenvalue weighted by Crippen LogP contribution is -2.45. The van der Waals surface area contributed by atoms with Crippen LogP contribution in [0.25, 0.3) is 11.0 Å². The van der Waals surface area contributed by atoms with Crippen molar-refractivity contribution in [2.24, 2.45) is 0 Å². The summed E-state index contributed by atoms with van der Waals surface area (Å²) >= 11 is 0. The van der Waals surface area contributed by atoms with Crippen molar-refractivity contribution in [2.75, 3.05) is 6.54 Å². The first kappa shape index (κ1) is 16.4. The summed E-state index contributed by atoms with van der Waals surface area (Å²) in [6.45, 7) is 6.56. The Bertz CT molecular complexity index is 781. The summed E-state index contributed by atoms with van der Waals surface area (Å²) in [5.74, 6) is -0.364. The Balaban J connectivity index is 1.93. The number of fused-ring (bicyclic) bond motifs is 1. The predicted molar refractivity (Wildman–Crippen MR) is 90.8 cm³/mol. The number of aromatic nitrogens is 3. The highest BCUT2D eigenvalue weighted by molar-refractivity contribution is 6.06. The number of carbonyl (C=O) groups is 2. The Hall–Kier alpha value is -2.44. The van der Waals surface area contributed by atoms with Gasteiger partial charge in [0.05, 0.1) is 17.1 Å². The largest absolute Gasteiger partial charge is 0.354 e. The van der Waals surface area contributed by atoms with Crippen LogP contribution in [0.4, 0.5) is 0 Å². The minimum absolute atomic E-state index is 0.110. The lowest BCUT2D eigenvalue weighted by Gasteiger charge is -2.16. The number of hydrogen-bond donors (Lipinski definition) is 2. The Labute approximate surface area is 140 Å². The van der Waals surface area contributed by atoms with Crippen LogP contribution in [0.3, 0.4) is 0 Å². The van der Waals surface area contributed by atoms with Crippen LogP contribution in [0.15, 0.2) is 12.3 Å². The third-order valence-electron chi connectivity index (χ3n) is 4.27. The zero-order valence-electron chi connectivity index (χ0n) is 14.3. The van der Waals surface area contributed by atoms with Crippen molar-refractivity contribution in [3.63, 3.8) is 0 Å². The van der Waals surface area contributed by atoms with E-state index in [-0.39, 0.29) is 17.9 Å². The summed E-state index contributed by atoms with van der Waals surface area (Å²) in [6.07, 6.45) is 4.19. The Morgan fingerprint density at radius 3 is 2.96 bits per heavy atom. The van der Waals surface area contributed by atoms with Gasteiger partial charge in [0, 0.05) is 18.3 Å². The number of aryl methyl sites for hydroxylation is 1. The maximum atomic E-state index is 12.8. The van der Waals surface area contributed by atoms with E-state index in [2.05, 4.69) is 20.7 Å². The van der Waals surface area contributed by atoms with Crippen LogP contribution in [0, 0.1) is 6.92 Å². The van der Waals surface area contributed by atoms with Gasteiger partial charge in [-0.3, -0.25) is 9.59 Å². The first-order valence-electron chi connectivity index (χ1n) is 8.41. The molecule has 0 spiro atoms. The lowest BCUT2D eigenvalue weighted by atomic mass is 10.1. The molecule has 1 saturated heterocycles. The lowest BCUT2D eigenvalue weighted by molar-refractivity contribution is -0.122. The molecule has 0 unspecified atom stereocenters. The van der Waals surface area contributed by atoms with Gasteiger partial charge in [0.1, 0.15) is 6.04 Å². The van der Waals surface area contributed by atoms with Crippen molar-refractivity contribution >= 4 is 22.8 Å². The fraction of sp³-hybridized carbons (Fsp3) is 0.529. The maximum absolute atomic E-state index is 12.8. The highest BCUT2D eigenvalue weighted by atomic mass is 16.2. The topological polar surface area (TPSA) is 88.9 Å². The van der Waals surface area contributed by atoms with Gasteiger partial charge in [0.15, 0.2) is 5.65 Å². The Kier molecular flexibility index (Phi) is 4.51. The smallest absolute Gasteiger partial charge is 0.252 e. The van der Waals surface area contributed by atoms with Crippen molar-refractivity contribution in [1.29, 1.82) is 0 Å². The molecule has 1 aliphatic rings. The van der Waals surface area contributed by atoms with Gasteiger partial charge < -0.3 is 10.6 Å². The zero-order chi connectivity index (χ0) is 17.3. The molecule has 1 aliphatic heterocycles. The first-order valence-corrected chi connectivity index (χ1v) is 8.41. The first-order chi connectivity index (χ1) is 11.5. The van der Waals surface area contributed by atoms with Crippen molar-refractivity contribution in [3.05, 3.63) is 23.5 Å². The quantitative estimate of drug-likeness (QED) is 0.897. The fourth-order valence-corrected chi connectivity index (χ4v) is 3.02. The van der Waals surface area contributed by atoms with Gasteiger partial charge in [-0.1, -0.05) is 0 Å². The second-order valence-corrected chi connectivity index (χ2v) is 6.54. The number of nitrogens with one attached hydrogen (secondary N) is 2. The van der Waals surface area contributed by atoms with E-state index in [0.717, 1.165) is 18.5 Å². The second-order valence-electron chi connectivity index (χ2n) is 6.54. The second kappa shape index (κ2) is 6.59. The van der Waals surface area contributed by atoms with Crippen molar-refractivity contribution in [3.8, 4) is 0 Å². The molecule has 7 nitrogen and oxygen atoms in total. The van der Waals surface area contributed by atoms with Crippen molar-refractivity contribution < 1.29 is 9.59 Å². The average Bonchev–Trinajstić information content (AvgIpc) is 2.85. The monoisotopic (exact) mass is 329 g/mol. The number of carbonyl (C=O) groups excluding carboxylic acids is 2. The molecule has 0 aromatic carbocycles. The van der Waals surface area contributed by atoms with Crippen LogP contribution in [0.1, 0.15) is 55.2 Å². The molecule has 7 heteroatoms. The molecule has 3 heterocycles. The summed E-state index contributed by atoms with van der Waals surface area (Å²) in [5, 5.41) is 10.8. The molecule has 3 rings (SSSR count). The summed E-state index contributed by atoms with van der Waals surface area (Å²) in [5.41, 5.74) is 1.96. The number of amides is 2. The highest BCUT2D eigenvalue weighted by Gasteiger charge is 2.24. The molecule has 1 atom stereocenters. The molecular formula is C17H23N5O2. The van der Waals surface area contributed by atoms with E-state index < -0.39 is 6.04 Å². The normalized spacial score (nSPS) is 18.5. The molecule has 0 radical (unpaired) electrons. The molecule has 2 N–H and O–H groups in total. The molecule has 2 aromatic rings. The van der Waals surface area contributed by atoms with E-state index in [9.17, 15) is 9.59 Å². The fourth-order valence-electron chi connectivity index (χ4n) is 3.02. The Morgan fingerprint density at radius 1 is 1.42 bits per heavy atom. The summed E-state index contributed by atoms with van der Waals surface area (Å²) in [7, 11) is 0. The van der Waals surface area contributed by atoms with Crippen molar-refractivity contribution in [2.45, 2.75) is 52.1 Å². The number of pyridine rings is 1. The molecule has 1 fully saturated rings. The summed E-state index contributed by atoms with van der Waals surface area (Å²) in [6, 6.07) is 1.42. The molecule has 0 saturated carbocycles. The van der Waals surface area contributed by atoms with Gasteiger partial charge in [-0.25, -0.2) is 9.67 Å². The third-order valence-corrected chi connectivity index (χ3v) is 4.27. The van der Waals surface area contributed by atoms with E-state index in [0.29, 0.717) is 29.6 Å². The van der Waals surface area contributed by atoms with E-state index in [1.54, 1.807) is 16.9 Å². The van der Waals surface area contributed by atoms with Gasteiger partial charge in [-0.2, -0.15) is 5.10 Å². The molecule has 128 valence electrons. The van der Waals surface area contributed by atoms with Crippen LogP contribution >= 0.6 is 0 Å². The molecule has 0 aliphatic carbocycles. The molecule has 0 bridgehead atoms. The summed E-state index contributed by atoms with van der Waals surface area (Å²) in [4.78, 5) is 29.3. The maximum Gasteiger partial charge on any atom is 0.252 e. The SMILES string of the molecule is Cc1cc(C(=O)N[C@@H]2CCCCNC2=O)c2cnn(C(C)C)c2n1.